The topological polar surface area (TPSA) is 75.4 Å². The van der Waals surface area contributed by atoms with Gasteiger partial charge < -0.3 is 5.32 Å². The third-order valence-corrected chi connectivity index (χ3v) is 2.57. The molecular formula is C10H17N3O2. The van der Waals surface area contributed by atoms with Crippen molar-refractivity contribution in [2.45, 2.75) is 39.7 Å². The van der Waals surface area contributed by atoms with Gasteiger partial charge in [0.2, 0.25) is 0 Å². The molecule has 1 heterocycles. The number of allylic oxidation sites excluding steroid dienone is 1. The van der Waals surface area contributed by atoms with E-state index in [1.165, 1.54) is 6.92 Å². The molecule has 1 aliphatic rings. The molecule has 1 rings (SSSR count). The van der Waals surface area contributed by atoms with Gasteiger partial charge in [-0.1, -0.05) is 13.3 Å². The van der Waals surface area contributed by atoms with Crippen LogP contribution in [0, 0.1) is 0 Å². The maximum absolute atomic E-state index is 11.5. The Balaban J connectivity index is 3.08. The van der Waals surface area contributed by atoms with Crippen LogP contribution in [0.5, 0.6) is 0 Å². The summed E-state index contributed by atoms with van der Waals surface area (Å²) >= 11 is 0. The highest BCUT2D eigenvalue weighted by atomic mass is 16.2. The number of hydrazine groups is 1. The Labute approximate surface area is 89.3 Å². The number of carbonyl (C=O) groups excluding carboxylic acids is 2. The Morgan fingerprint density at radius 2 is 2.20 bits per heavy atom. The van der Waals surface area contributed by atoms with Crippen molar-refractivity contribution < 1.29 is 9.59 Å². The summed E-state index contributed by atoms with van der Waals surface area (Å²) in [6, 6.07) is -0.546. The van der Waals surface area contributed by atoms with Gasteiger partial charge in [0.1, 0.15) is 0 Å². The number of urea groups is 1. The van der Waals surface area contributed by atoms with E-state index in [0.717, 1.165) is 17.9 Å². The number of amides is 2. The van der Waals surface area contributed by atoms with Crippen LogP contribution < -0.4 is 11.2 Å². The summed E-state index contributed by atoms with van der Waals surface area (Å²) in [5, 5.41) is 3.70. The molecule has 2 amide bonds. The van der Waals surface area contributed by atoms with E-state index >= 15 is 0 Å². The lowest BCUT2D eigenvalue weighted by molar-refractivity contribution is -0.114. The number of ketones is 1. The minimum absolute atomic E-state index is 0.0404. The van der Waals surface area contributed by atoms with E-state index in [1.807, 2.05) is 6.92 Å². The maximum atomic E-state index is 11.5. The summed E-state index contributed by atoms with van der Waals surface area (Å²) in [5.74, 6) is 5.48. The molecule has 0 radical (unpaired) electrons. The molecule has 5 nitrogen and oxygen atoms in total. The molecule has 0 aliphatic carbocycles. The van der Waals surface area contributed by atoms with Crippen LogP contribution in [0.2, 0.25) is 0 Å². The van der Waals surface area contributed by atoms with Gasteiger partial charge >= 0.3 is 6.03 Å². The Morgan fingerprint density at radius 3 is 2.67 bits per heavy atom. The fourth-order valence-electron chi connectivity index (χ4n) is 1.83. The van der Waals surface area contributed by atoms with Crippen molar-refractivity contribution in [3.8, 4) is 0 Å². The van der Waals surface area contributed by atoms with Crippen LogP contribution in [0.1, 0.15) is 33.6 Å². The van der Waals surface area contributed by atoms with Gasteiger partial charge in [-0.25, -0.2) is 15.6 Å². The van der Waals surface area contributed by atoms with Gasteiger partial charge in [-0.05, 0) is 20.3 Å². The van der Waals surface area contributed by atoms with Gasteiger partial charge in [0, 0.05) is 11.3 Å². The predicted octanol–water partition coefficient (Wildman–Crippen LogP) is 0.917. The molecule has 0 spiro atoms. The Hall–Kier alpha value is -1.36. The van der Waals surface area contributed by atoms with Crippen LogP contribution in [-0.4, -0.2) is 22.9 Å². The zero-order chi connectivity index (χ0) is 11.6. The number of hydrogen-bond donors (Lipinski definition) is 2. The van der Waals surface area contributed by atoms with Crippen molar-refractivity contribution >= 4 is 11.8 Å². The molecule has 0 bridgehead atoms. The maximum Gasteiger partial charge on any atom is 0.336 e. The minimum atomic E-state index is -0.351. The van der Waals surface area contributed by atoms with Crippen molar-refractivity contribution in [1.82, 2.24) is 10.3 Å². The smallest absolute Gasteiger partial charge is 0.330 e. The van der Waals surface area contributed by atoms with Crippen LogP contribution in [-0.2, 0) is 4.79 Å². The van der Waals surface area contributed by atoms with Gasteiger partial charge in [0.15, 0.2) is 5.78 Å². The molecule has 84 valence electrons. The Kier molecular flexibility index (Phi) is 3.47. The average Bonchev–Trinajstić information content (AvgIpc) is 2.14. The molecule has 0 aromatic rings. The highest BCUT2D eigenvalue weighted by Gasteiger charge is 2.30. The summed E-state index contributed by atoms with van der Waals surface area (Å²) in [5.41, 5.74) is 1.16. The molecule has 3 N–H and O–H groups in total. The van der Waals surface area contributed by atoms with Crippen LogP contribution >= 0.6 is 0 Å². The SMILES string of the molecule is CCCC1NC(=O)N(N)C(C)=C1C(C)=O. The van der Waals surface area contributed by atoms with Crippen LogP contribution in [0.25, 0.3) is 0 Å². The number of Topliss-reactive ketones (excluding diaryl/α,β-unsaturated/α-hetero) is 1. The Morgan fingerprint density at radius 1 is 1.60 bits per heavy atom. The summed E-state index contributed by atoms with van der Waals surface area (Å²) in [6.07, 6.45) is 1.66. The molecule has 0 saturated carbocycles. The van der Waals surface area contributed by atoms with Gasteiger partial charge in [-0.3, -0.25) is 4.79 Å². The lowest BCUT2D eigenvalue weighted by Crippen LogP contribution is -2.54. The van der Waals surface area contributed by atoms with Gasteiger partial charge in [0.25, 0.3) is 0 Å². The number of rotatable bonds is 3. The highest BCUT2D eigenvalue weighted by molar-refractivity contribution is 5.98. The first-order valence-corrected chi connectivity index (χ1v) is 5.06. The molecule has 5 heteroatoms. The average molecular weight is 211 g/mol. The van der Waals surface area contributed by atoms with Crippen molar-refractivity contribution in [2.24, 2.45) is 5.84 Å². The second-order valence-electron chi connectivity index (χ2n) is 3.72. The number of carbonyl (C=O) groups is 2. The first-order valence-electron chi connectivity index (χ1n) is 5.06. The monoisotopic (exact) mass is 211 g/mol. The van der Waals surface area contributed by atoms with Crippen LogP contribution in [0.3, 0.4) is 0 Å². The summed E-state index contributed by atoms with van der Waals surface area (Å²) < 4.78 is 0. The van der Waals surface area contributed by atoms with E-state index in [0.29, 0.717) is 11.3 Å². The van der Waals surface area contributed by atoms with Crippen LogP contribution in [0.4, 0.5) is 4.79 Å². The molecule has 15 heavy (non-hydrogen) atoms. The first-order chi connectivity index (χ1) is 6.99. The molecule has 0 aromatic carbocycles. The second kappa shape index (κ2) is 4.44. The number of hydrogen-bond acceptors (Lipinski definition) is 3. The number of nitrogens with two attached hydrogens (primary N) is 1. The molecule has 0 aromatic heterocycles. The zero-order valence-corrected chi connectivity index (χ0v) is 9.33. The quantitative estimate of drug-likeness (QED) is 0.538. The lowest BCUT2D eigenvalue weighted by Gasteiger charge is -2.32. The van der Waals surface area contributed by atoms with E-state index in [1.54, 1.807) is 6.92 Å². The standard InChI is InChI=1S/C10H17N3O2/c1-4-5-8-9(7(3)14)6(2)13(11)10(15)12-8/h8H,4-5,11H2,1-3H3,(H,12,15). The molecule has 1 unspecified atom stereocenters. The minimum Gasteiger partial charge on any atom is -0.330 e. The van der Waals surface area contributed by atoms with E-state index in [4.69, 9.17) is 5.84 Å². The number of nitrogens with zero attached hydrogens (tertiary/aromatic N) is 1. The zero-order valence-electron chi connectivity index (χ0n) is 9.33. The van der Waals surface area contributed by atoms with E-state index in [9.17, 15) is 9.59 Å². The third kappa shape index (κ3) is 2.18. The summed E-state index contributed by atoms with van der Waals surface area (Å²) in [7, 11) is 0. The van der Waals surface area contributed by atoms with Crippen LogP contribution in [0.15, 0.2) is 11.3 Å². The highest BCUT2D eigenvalue weighted by Crippen LogP contribution is 2.20. The van der Waals surface area contributed by atoms with Crippen molar-refractivity contribution in [2.75, 3.05) is 0 Å². The van der Waals surface area contributed by atoms with Gasteiger partial charge in [-0.2, -0.15) is 0 Å². The fraction of sp³-hybridized carbons (Fsp3) is 0.600. The summed E-state index contributed by atoms with van der Waals surface area (Å²) in [4.78, 5) is 22.9. The summed E-state index contributed by atoms with van der Waals surface area (Å²) in [6.45, 7) is 5.19. The number of nitrogens with one attached hydrogen (secondary N) is 1. The normalized spacial score (nSPS) is 21.7. The van der Waals surface area contributed by atoms with E-state index < -0.39 is 0 Å². The predicted molar refractivity (Wildman–Crippen MR) is 56.6 cm³/mol. The van der Waals surface area contributed by atoms with Gasteiger partial charge in [0.05, 0.1) is 6.04 Å². The largest absolute Gasteiger partial charge is 0.336 e. The second-order valence-corrected chi connectivity index (χ2v) is 3.72. The van der Waals surface area contributed by atoms with Crippen molar-refractivity contribution in [3.63, 3.8) is 0 Å². The molecular weight excluding hydrogens is 194 g/mol. The van der Waals surface area contributed by atoms with E-state index in [-0.39, 0.29) is 17.9 Å². The fourth-order valence-corrected chi connectivity index (χ4v) is 1.83. The van der Waals surface area contributed by atoms with Crippen molar-refractivity contribution in [1.29, 1.82) is 0 Å². The third-order valence-electron chi connectivity index (χ3n) is 2.57. The van der Waals surface area contributed by atoms with E-state index in [2.05, 4.69) is 5.32 Å². The molecule has 0 saturated heterocycles. The Bertz CT molecular complexity index is 323. The lowest BCUT2D eigenvalue weighted by atomic mass is 9.96. The van der Waals surface area contributed by atoms with Crippen molar-refractivity contribution in [3.05, 3.63) is 11.3 Å². The van der Waals surface area contributed by atoms with Gasteiger partial charge in [-0.15, -0.1) is 0 Å². The molecule has 0 fully saturated rings. The molecule has 1 aliphatic heterocycles. The first kappa shape index (κ1) is 11.7. The molecule has 1 atom stereocenters.